The second kappa shape index (κ2) is 17.0. The SMILES string of the molecule is O=C(N[C@H](c1ccc(F)cc1)C(C(=O)C#Cc1ccccc1)[C@H](NC(=O)OCc1ccccc1)c1ccc(F)cc1)OCc1ccccc1. The van der Waals surface area contributed by atoms with Crippen LogP contribution in [0.15, 0.2) is 140 Å². The molecule has 0 aliphatic carbocycles. The second-order valence-corrected chi connectivity index (χ2v) is 11.0. The van der Waals surface area contributed by atoms with Gasteiger partial charge in [0.05, 0.1) is 18.0 Å². The molecule has 0 bridgehead atoms. The number of carbonyl (C=O) groups is 3. The Morgan fingerprint density at radius 3 is 1.35 bits per heavy atom. The van der Waals surface area contributed by atoms with Crippen molar-refractivity contribution in [2.75, 3.05) is 0 Å². The van der Waals surface area contributed by atoms with Crippen molar-refractivity contribution in [2.24, 2.45) is 5.92 Å². The molecule has 2 amide bonds. The van der Waals surface area contributed by atoms with E-state index in [-0.39, 0.29) is 13.2 Å². The lowest BCUT2D eigenvalue weighted by Crippen LogP contribution is -2.45. The van der Waals surface area contributed by atoms with Gasteiger partial charge in [-0.25, -0.2) is 18.4 Å². The molecule has 246 valence electrons. The summed E-state index contributed by atoms with van der Waals surface area (Å²) in [5.41, 5.74) is 2.65. The van der Waals surface area contributed by atoms with Crippen molar-refractivity contribution in [3.05, 3.63) is 179 Å². The number of halogens is 2. The summed E-state index contributed by atoms with van der Waals surface area (Å²) in [4.78, 5) is 41.0. The Labute approximate surface area is 282 Å². The molecule has 0 spiro atoms. The molecule has 0 fully saturated rings. The molecule has 9 heteroatoms. The Morgan fingerprint density at radius 1 is 0.551 bits per heavy atom. The molecule has 0 unspecified atom stereocenters. The van der Waals surface area contributed by atoms with Crippen molar-refractivity contribution in [2.45, 2.75) is 25.3 Å². The summed E-state index contributed by atoms with van der Waals surface area (Å²) in [5.74, 6) is 2.40. The lowest BCUT2D eigenvalue weighted by molar-refractivity contribution is -0.119. The average Bonchev–Trinajstić information content (AvgIpc) is 3.13. The van der Waals surface area contributed by atoms with Crippen molar-refractivity contribution >= 4 is 18.0 Å². The van der Waals surface area contributed by atoms with Gasteiger partial charge in [-0.3, -0.25) is 4.79 Å². The van der Waals surface area contributed by atoms with Crippen LogP contribution in [0.4, 0.5) is 18.4 Å². The molecule has 0 heterocycles. The first-order valence-corrected chi connectivity index (χ1v) is 15.4. The summed E-state index contributed by atoms with van der Waals surface area (Å²) >= 11 is 0. The summed E-state index contributed by atoms with van der Waals surface area (Å²) < 4.78 is 39.3. The van der Waals surface area contributed by atoms with Crippen molar-refractivity contribution < 1.29 is 32.6 Å². The Balaban J connectivity index is 1.55. The highest BCUT2D eigenvalue weighted by molar-refractivity contribution is 5.99. The van der Waals surface area contributed by atoms with Crippen LogP contribution in [0.5, 0.6) is 0 Å². The van der Waals surface area contributed by atoms with Gasteiger partial charge in [-0.2, -0.15) is 0 Å². The van der Waals surface area contributed by atoms with E-state index in [0.717, 1.165) is 11.1 Å². The minimum absolute atomic E-state index is 0.0688. The third-order valence-electron chi connectivity index (χ3n) is 7.56. The van der Waals surface area contributed by atoms with Crippen LogP contribution in [0.25, 0.3) is 0 Å². The van der Waals surface area contributed by atoms with Gasteiger partial charge in [-0.05, 0) is 64.6 Å². The lowest BCUT2D eigenvalue weighted by atomic mass is 9.80. The van der Waals surface area contributed by atoms with Gasteiger partial charge < -0.3 is 20.1 Å². The Bertz CT molecular complexity index is 1790. The molecule has 0 saturated carbocycles. The minimum Gasteiger partial charge on any atom is -0.445 e. The van der Waals surface area contributed by atoms with Crippen LogP contribution in [0.1, 0.15) is 39.9 Å². The predicted molar refractivity (Wildman–Crippen MR) is 180 cm³/mol. The molecular weight excluding hydrogens is 626 g/mol. The Morgan fingerprint density at radius 2 is 0.939 bits per heavy atom. The number of rotatable bonds is 11. The number of benzene rings is 5. The molecule has 5 aromatic rings. The zero-order chi connectivity index (χ0) is 34.4. The van der Waals surface area contributed by atoms with Gasteiger partial charge in [0.1, 0.15) is 24.8 Å². The van der Waals surface area contributed by atoms with Gasteiger partial charge in [-0.1, -0.05) is 109 Å². The van der Waals surface area contributed by atoms with Gasteiger partial charge in [0.2, 0.25) is 5.78 Å². The van der Waals surface area contributed by atoms with Crippen LogP contribution in [0.3, 0.4) is 0 Å². The summed E-state index contributed by atoms with van der Waals surface area (Å²) in [5, 5.41) is 5.51. The fraction of sp³-hybridized carbons (Fsp3) is 0.125. The maximum atomic E-state index is 14.3. The van der Waals surface area contributed by atoms with E-state index >= 15 is 0 Å². The van der Waals surface area contributed by atoms with Crippen LogP contribution in [0.2, 0.25) is 0 Å². The van der Waals surface area contributed by atoms with Crippen LogP contribution >= 0.6 is 0 Å². The molecule has 0 aliphatic rings. The van der Waals surface area contributed by atoms with E-state index in [9.17, 15) is 23.2 Å². The number of hydrogen-bond acceptors (Lipinski definition) is 5. The first-order valence-electron chi connectivity index (χ1n) is 15.4. The summed E-state index contributed by atoms with van der Waals surface area (Å²) in [7, 11) is 0. The zero-order valence-corrected chi connectivity index (χ0v) is 26.2. The van der Waals surface area contributed by atoms with E-state index in [1.54, 1.807) is 78.9 Å². The monoisotopic (exact) mass is 658 g/mol. The largest absolute Gasteiger partial charge is 0.445 e. The highest BCUT2D eigenvalue weighted by Gasteiger charge is 2.39. The molecular formula is C40H32F2N2O5. The number of Topliss-reactive ketones (excluding diaryl/α,β-unsaturated/α-hetero) is 1. The molecule has 2 N–H and O–H groups in total. The van der Waals surface area contributed by atoms with Gasteiger partial charge in [-0.15, -0.1) is 0 Å². The number of hydrogen-bond donors (Lipinski definition) is 2. The smallest absolute Gasteiger partial charge is 0.407 e. The highest BCUT2D eigenvalue weighted by Crippen LogP contribution is 2.35. The van der Waals surface area contributed by atoms with Crippen molar-refractivity contribution in [1.29, 1.82) is 0 Å². The van der Waals surface area contributed by atoms with Gasteiger partial charge in [0, 0.05) is 5.56 Å². The molecule has 7 nitrogen and oxygen atoms in total. The van der Waals surface area contributed by atoms with E-state index < -0.39 is 47.6 Å². The minimum atomic E-state index is -1.35. The van der Waals surface area contributed by atoms with Crippen molar-refractivity contribution in [3.63, 3.8) is 0 Å². The van der Waals surface area contributed by atoms with Gasteiger partial charge >= 0.3 is 12.2 Å². The van der Waals surface area contributed by atoms with Crippen LogP contribution < -0.4 is 10.6 Å². The number of carbonyl (C=O) groups excluding carboxylic acids is 3. The maximum Gasteiger partial charge on any atom is 0.407 e. The second-order valence-electron chi connectivity index (χ2n) is 11.0. The summed E-state index contributed by atoms with van der Waals surface area (Å²) in [6.07, 6.45) is -1.76. The Kier molecular flexibility index (Phi) is 11.9. The third-order valence-corrected chi connectivity index (χ3v) is 7.56. The molecule has 0 saturated heterocycles. The fourth-order valence-electron chi connectivity index (χ4n) is 5.12. The van der Waals surface area contributed by atoms with Crippen LogP contribution in [0, 0.1) is 29.4 Å². The van der Waals surface area contributed by atoms with E-state index in [1.807, 2.05) is 12.1 Å². The maximum absolute atomic E-state index is 14.3. The molecule has 49 heavy (non-hydrogen) atoms. The normalized spacial score (nSPS) is 11.7. The fourth-order valence-corrected chi connectivity index (χ4v) is 5.12. The van der Waals surface area contributed by atoms with Crippen molar-refractivity contribution in [3.8, 4) is 11.8 Å². The molecule has 5 aromatic carbocycles. The average molecular weight is 659 g/mol. The first-order chi connectivity index (χ1) is 23.9. The molecule has 0 aromatic heterocycles. The molecule has 2 atom stereocenters. The van der Waals surface area contributed by atoms with Crippen LogP contribution in [-0.2, 0) is 27.5 Å². The number of amides is 2. The number of ketones is 1. The van der Waals surface area contributed by atoms with Gasteiger partial charge in [0.25, 0.3) is 0 Å². The predicted octanol–water partition coefficient (Wildman–Crippen LogP) is 7.84. The molecule has 5 rings (SSSR count). The lowest BCUT2D eigenvalue weighted by Gasteiger charge is -2.33. The number of ether oxygens (including phenoxy) is 2. The summed E-state index contributed by atoms with van der Waals surface area (Å²) in [6, 6.07) is 34.7. The number of nitrogens with one attached hydrogen (secondary N) is 2. The summed E-state index contributed by atoms with van der Waals surface area (Å²) in [6.45, 7) is -0.138. The van der Waals surface area contributed by atoms with E-state index in [1.165, 1.54) is 48.5 Å². The molecule has 0 aliphatic heterocycles. The van der Waals surface area contributed by atoms with Crippen molar-refractivity contribution in [1.82, 2.24) is 10.6 Å². The third kappa shape index (κ3) is 10.1. The van der Waals surface area contributed by atoms with Crippen LogP contribution in [-0.4, -0.2) is 18.0 Å². The standard InChI is InChI=1S/C40H32F2N2O5/c41-33-21-17-31(18-22-33)37(43-39(46)48-26-29-12-6-2-7-13-29)36(35(45)25-16-28-10-4-1-5-11-28)38(32-19-23-34(42)24-20-32)44-40(47)49-27-30-14-8-3-9-15-30/h1-15,17-24,36-38H,26-27H2,(H,43,46)(H,44,47)/t37-,38-/m1/s1. The molecule has 0 radical (unpaired) electrons. The zero-order valence-electron chi connectivity index (χ0n) is 26.2. The Hall–Kier alpha value is -6.27. The first kappa shape index (κ1) is 34.1. The quantitative estimate of drug-likeness (QED) is 0.141. The topological polar surface area (TPSA) is 93.7 Å². The number of alkyl carbamates (subject to hydrolysis) is 2. The van der Waals surface area contributed by atoms with E-state index in [0.29, 0.717) is 16.7 Å². The van der Waals surface area contributed by atoms with E-state index in [4.69, 9.17) is 9.47 Å². The van der Waals surface area contributed by atoms with Gasteiger partial charge in [0.15, 0.2) is 0 Å². The highest BCUT2D eigenvalue weighted by atomic mass is 19.1. The van der Waals surface area contributed by atoms with E-state index in [2.05, 4.69) is 22.5 Å².